The van der Waals surface area contributed by atoms with Gasteiger partial charge in [-0.1, -0.05) is 6.07 Å². The van der Waals surface area contributed by atoms with Gasteiger partial charge in [0.05, 0.1) is 24.0 Å². The second-order valence-corrected chi connectivity index (χ2v) is 4.40. The largest absolute Gasteiger partial charge is 0.465 e. The summed E-state index contributed by atoms with van der Waals surface area (Å²) in [5, 5.41) is 3.00. The van der Waals surface area contributed by atoms with Crippen LogP contribution in [-0.4, -0.2) is 13.1 Å². The van der Waals surface area contributed by atoms with Crippen LogP contribution in [0.15, 0.2) is 36.4 Å². The topological polar surface area (TPSA) is 64.3 Å². The van der Waals surface area contributed by atoms with E-state index in [0.717, 1.165) is 5.56 Å². The normalized spacial score (nSPS) is 10.2. The monoisotopic (exact) mass is 274 g/mol. The lowest BCUT2D eigenvalue weighted by atomic mass is 10.1. The first kappa shape index (κ1) is 13.9. The number of rotatable bonds is 3. The van der Waals surface area contributed by atoms with Crippen LogP contribution in [0.2, 0.25) is 0 Å². The third-order valence-corrected chi connectivity index (χ3v) is 2.83. The number of aryl methyl sites for hydroxylation is 1. The minimum absolute atomic E-state index is 0.265. The maximum atomic E-state index is 13.3. The Morgan fingerprint density at radius 3 is 2.70 bits per heavy atom. The second-order valence-electron chi connectivity index (χ2n) is 4.40. The molecule has 2 rings (SSSR count). The molecule has 0 atom stereocenters. The Bertz CT molecular complexity index is 636. The number of carbonyl (C=O) groups excluding carboxylic acids is 1. The predicted octanol–water partition coefficient (Wildman–Crippen LogP) is 3.25. The number of methoxy groups -OCH3 is 1. The van der Waals surface area contributed by atoms with Crippen LogP contribution in [0, 0.1) is 12.7 Å². The van der Waals surface area contributed by atoms with Crippen molar-refractivity contribution >= 4 is 23.0 Å². The van der Waals surface area contributed by atoms with Gasteiger partial charge in [-0.3, -0.25) is 0 Å². The predicted molar refractivity (Wildman–Crippen MR) is 76.6 cm³/mol. The van der Waals surface area contributed by atoms with Crippen LogP contribution in [0.1, 0.15) is 15.9 Å². The quantitative estimate of drug-likeness (QED) is 0.666. The van der Waals surface area contributed by atoms with Gasteiger partial charge in [0.15, 0.2) is 0 Å². The van der Waals surface area contributed by atoms with E-state index in [2.05, 4.69) is 10.1 Å². The summed E-state index contributed by atoms with van der Waals surface area (Å²) in [5.41, 5.74) is 8.34. The molecule has 0 unspecified atom stereocenters. The first-order valence-corrected chi connectivity index (χ1v) is 6.02. The number of para-hydroxylation sites is 1. The molecule has 0 heterocycles. The standard InChI is InChI=1S/C15H15FN2O2/c1-9-6-10(16)8-11(7-9)18-13-5-3-4-12(14(13)17)15(19)20-2/h3-8,18H,17H2,1-2H3. The van der Waals surface area contributed by atoms with Gasteiger partial charge in [-0.15, -0.1) is 0 Å². The van der Waals surface area contributed by atoms with Crippen molar-refractivity contribution in [2.24, 2.45) is 0 Å². The summed E-state index contributed by atoms with van der Waals surface area (Å²) in [6.45, 7) is 1.79. The molecule has 0 aliphatic rings. The van der Waals surface area contributed by atoms with Crippen molar-refractivity contribution in [1.82, 2.24) is 0 Å². The Morgan fingerprint density at radius 1 is 1.30 bits per heavy atom. The highest BCUT2D eigenvalue weighted by Gasteiger charge is 2.13. The van der Waals surface area contributed by atoms with Gasteiger partial charge >= 0.3 is 5.97 Å². The molecule has 0 aliphatic heterocycles. The molecule has 2 aromatic carbocycles. The van der Waals surface area contributed by atoms with Crippen LogP contribution >= 0.6 is 0 Å². The molecular formula is C15H15FN2O2. The summed E-state index contributed by atoms with van der Waals surface area (Å²) in [6.07, 6.45) is 0. The number of nitrogens with one attached hydrogen (secondary N) is 1. The minimum Gasteiger partial charge on any atom is -0.465 e. The molecule has 0 amide bonds. The maximum absolute atomic E-state index is 13.3. The molecule has 0 saturated heterocycles. The summed E-state index contributed by atoms with van der Waals surface area (Å²) in [7, 11) is 1.29. The highest BCUT2D eigenvalue weighted by molar-refractivity contribution is 5.98. The van der Waals surface area contributed by atoms with Gasteiger partial charge in [-0.2, -0.15) is 0 Å². The average Bonchev–Trinajstić information content (AvgIpc) is 2.39. The van der Waals surface area contributed by atoms with Crippen molar-refractivity contribution in [3.05, 3.63) is 53.3 Å². The molecule has 0 fully saturated rings. The molecule has 2 aromatic rings. The molecule has 5 heteroatoms. The summed E-state index contributed by atoms with van der Waals surface area (Å²) < 4.78 is 18.0. The number of carbonyl (C=O) groups is 1. The van der Waals surface area contributed by atoms with Crippen molar-refractivity contribution in [1.29, 1.82) is 0 Å². The molecule has 20 heavy (non-hydrogen) atoms. The lowest BCUT2D eigenvalue weighted by Gasteiger charge is -2.12. The van der Waals surface area contributed by atoms with Crippen LogP contribution < -0.4 is 11.1 Å². The summed E-state index contributed by atoms with van der Waals surface area (Å²) in [6, 6.07) is 9.53. The lowest BCUT2D eigenvalue weighted by molar-refractivity contribution is 0.0602. The Labute approximate surface area is 116 Å². The zero-order valence-electron chi connectivity index (χ0n) is 11.2. The van der Waals surface area contributed by atoms with Crippen molar-refractivity contribution in [3.8, 4) is 0 Å². The Hall–Kier alpha value is -2.56. The molecule has 0 radical (unpaired) electrons. The fourth-order valence-corrected chi connectivity index (χ4v) is 1.93. The SMILES string of the molecule is COC(=O)c1cccc(Nc2cc(C)cc(F)c2)c1N. The lowest BCUT2D eigenvalue weighted by Crippen LogP contribution is -2.07. The number of nitrogen functional groups attached to an aromatic ring is 1. The van der Waals surface area contributed by atoms with E-state index >= 15 is 0 Å². The van der Waals surface area contributed by atoms with E-state index in [1.54, 1.807) is 31.2 Å². The molecule has 0 aromatic heterocycles. The van der Waals surface area contributed by atoms with Gasteiger partial charge in [0.2, 0.25) is 0 Å². The van der Waals surface area contributed by atoms with E-state index in [0.29, 0.717) is 11.4 Å². The van der Waals surface area contributed by atoms with Gasteiger partial charge in [-0.05, 0) is 42.8 Å². The second kappa shape index (κ2) is 5.61. The van der Waals surface area contributed by atoms with E-state index in [-0.39, 0.29) is 17.1 Å². The first-order valence-electron chi connectivity index (χ1n) is 6.02. The van der Waals surface area contributed by atoms with Gasteiger partial charge in [0, 0.05) is 5.69 Å². The van der Waals surface area contributed by atoms with Crippen LogP contribution in [0.4, 0.5) is 21.5 Å². The summed E-state index contributed by atoms with van der Waals surface area (Å²) in [4.78, 5) is 11.6. The summed E-state index contributed by atoms with van der Waals surface area (Å²) in [5.74, 6) is -0.850. The number of anilines is 3. The Morgan fingerprint density at radius 2 is 2.05 bits per heavy atom. The zero-order valence-corrected chi connectivity index (χ0v) is 11.2. The van der Waals surface area contributed by atoms with E-state index in [1.165, 1.54) is 19.2 Å². The third kappa shape index (κ3) is 2.88. The number of hydrogen-bond donors (Lipinski definition) is 2. The number of benzene rings is 2. The van der Waals surface area contributed by atoms with Gasteiger partial charge in [0.1, 0.15) is 5.82 Å². The maximum Gasteiger partial charge on any atom is 0.340 e. The smallest absolute Gasteiger partial charge is 0.340 e. The van der Waals surface area contributed by atoms with Crippen molar-refractivity contribution in [3.63, 3.8) is 0 Å². The van der Waals surface area contributed by atoms with Crippen molar-refractivity contribution < 1.29 is 13.9 Å². The molecular weight excluding hydrogens is 259 g/mol. The molecule has 0 saturated carbocycles. The third-order valence-electron chi connectivity index (χ3n) is 2.83. The highest BCUT2D eigenvalue weighted by Crippen LogP contribution is 2.27. The van der Waals surface area contributed by atoms with E-state index < -0.39 is 5.97 Å². The number of hydrogen-bond acceptors (Lipinski definition) is 4. The number of nitrogens with two attached hydrogens (primary N) is 1. The Kier molecular flexibility index (Phi) is 3.89. The summed E-state index contributed by atoms with van der Waals surface area (Å²) >= 11 is 0. The van der Waals surface area contributed by atoms with Gasteiger partial charge in [-0.25, -0.2) is 9.18 Å². The molecule has 0 aliphatic carbocycles. The van der Waals surface area contributed by atoms with Crippen LogP contribution in [0.5, 0.6) is 0 Å². The van der Waals surface area contributed by atoms with Crippen LogP contribution in [0.3, 0.4) is 0 Å². The molecule has 0 spiro atoms. The molecule has 4 nitrogen and oxygen atoms in total. The molecule has 3 N–H and O–H groups in total. The van der Waals surface area contributed by atoms with E-state index in [9.17, 15) is 9.18 Å². The van der Waals surface area contributed by atoms with Crippen LogP contribution in [-0.2, 0) is 4.74 Å². The van der Waals surface area contributed by atoms with Crippen molar-refractivity contribution in [2.75, 3.05) is 18.2 Å². The van der Waals surface area contributed by atoms with Crippen molar-refractivity contribution in [2.45, 2.75) is 6.92 Å². The molecule has 0 bridgehead atoms. The van der Waals surface area contributed by atoms with E-state index in [4.69, 9.17) is 5.73 Å². The van der Waals surface area contributed by atoms with Gasteiger partial charge < -0.3 is 15.8 Å². The number of esters is 1. The highest BCUT2D eigenvalue weighted by atomic mass is 19.1. The van der Waals surface area contributed by atoms with Gasteiger partial charge in [0.25, 0.3) is 0 Å². The van der Waals surface area contributed by atoms with E-state index in [1.807, 2.05) is 0 Å². The fraction of sp³-hybridized carbons (Fsp3) is 0.133. The first-order chi connectivity index (χ1) is 9.51. The number of halogens is 1. The fourth-order valence-electron chi connectivity index (χ4n) is 1.93. The van der Waals surface area contributed by atoms with Crippen LogP contribution in [0.25, 0.3) is 0 Å². The zero-order chi connectivity index (χ0) is 14.7. The molecule has 104 valence electrons. The Balaban J connectivity index is 2.36. The number of ether oxygens (including phenoxy) is 1. The average molecular weight is 274 g/mol. The minimum atomic E-state index is -0.512.